The van der Waals surface area contributed by atoms with Gasteiger partial charge in [0.1, 0.15) is 5.82 Å². The molecule has 0 saturated heterocycles. The van der Waals surface area contributed by atoms with Gasteiger partial charge in [-0.1, -0.05) is 187 Å². The second-order valence-corrected chi connectivity index (χ2v) is 20.6. The summed E-state index contributed by atoms with van der Waals surface area (Å²) in [5.41, 5.74) is 17.5. The Kier molecular flexibility index (Phi) is 10.8. The minimum atomic E-state index is -0.0629. The lowest BCUT2D eigenvalue weighted by atomic mass is 9.87. The molecule has 11 rings (SSSR count). The number of fused-ring (bicyclic) bond motifs is 4. The van der Waals surface area contributed by atoms with Crippen LogP contribution in [0.2, 0.25) is 0 Å². The molecule has 0 atom stereocenters. The van der Waals surface area contributed by atoms with Crippen LogP contribution in [-0.4, -0.2) is 14.1 Å². The zero-order valence-electron chi connectivity index (χ0n) is 39.4. The molecule has 0 radical (unpaired) electrons. The van der Waals surface area contributed by atoms with Crippen LogP contribution in [0.3, 0.4) is 0 Å². The molecule has 0 aliphatic rings. The van der Waals surface area contributed by atoms with E-state index in [0.29, 0.717) is 0 Å². The van der Waals surface area contributed by atoms with Crippen molar-refractivity contribution in [1.29, 1.82) is 0 Å². The Labute approximate surface area is 407 Å². The smallest absolute Gasteiger partial charge is 0.147 e. The Morgan fingerprint density at radius 1 is 0.441 bits per heavy atom. The molecule has 11 aromatic rings. The SMILES string of the molecule is CC(C)(C)c1ccc(N(c2cccc(-n3c4ccccc4c4ccccc43)c2)c2cccc(-n3c(-c4c(-c5ccccc5)cccc4-c4ccccc4)nc4cc(C(C)(C)C)ccc43)c2Br)cc1. The number of hydrogen-bond acceptors (Lipinski definition) is 2. The summed E-state index contributed by atoms with van der Waals surface area (Å²) in [4.78, 5) is 8.08. The van der Waals surface area contributed by atoms with Crippen LogP contribution < -0.4 is 4.90 Å². The van der Waals surface area contributed by atoms with Crippen molar-refractivity contribution in [2.45, 2.75) is 52.4 Å². The first kappa shape index (κ1) is 43.1. The third kappa shape index (κ3) is 7.61. The van der Waals surface area contributed by atoms with Crippen molar-refractivity contribution in [3.05, 3.63) is 228 Å². The number of rotatable bonds is 8. The lowest BCUT2D eigenvalue weighted by Crippen LogP contribution is -2.14. The summed E-state index contributed by atoms with van der Waals surface area (Å²) in [6.45, 7) is 13.6. The number of nitrogens with zero attached hydrogens (tertiary/aromatic N) is 4. The monoisotopic (exact) mass is 944 g/mol. The molecule has 5 heteroatoms. The van der Waals surface area contributed by atoms with E-state index in [9.17, 15) is 0 Å². The first-order valence-electron chi connectivity index (χ1n) is 23.5. The summed E-state index contributed by atoms with van der Waals surface area (Å²) in [5, 5.41) is 2.47. The number of imidazole rings is 1. The first-order valence-corrected chi connectivity index (χ1v) is 24.3. The summed E-state index contributed by atoms with van der Waals surface area (Å²) >= 11 is 4.34. The van der Waals surface area contributed by atoms with E-state index in [0.717, 1.165) is 77.6 Å². The Hall–Kier alpha value is -7.47. The molecule has 0 spiro atoms. The van der Waals surface area contributed by atoms with Gasteiger partial charge in [0.15, 0.2) is 0 Å². The van der Waals surface area contributed by atoms with Crippen molar-refractivity contribution in [2.75, 3.05) is 4.90 Å². The summed E-state index contributed by atoms with van der Waals surface area (Å²) in [6, 6.07) is 77.0. The lowest BCUT2D eigenvalue weighted by molar-refractivity contribution is 0.590. The summed E-state index contributed by atoms with van der Waals surface area (Å²) in [7, 11) is 0. The maximum absolute atomic E-state index is 5.69. The largest absolute Gasteiger partial charge is 0.309 e. The number of para-hydroxylation sites is 2. The standard InChI is InChI=1S/C63H53BrN4/c1-62(2,3)44-34-37-46(38-35-44)66(47-24-17-25-48(41-47)67-54-30-15-13-26-51(54)52-27-14-16-31-55(52)67)57-32-19-33-58(60(57)64)68-56-39-36-45(63(4,5)6)40-53(56)65-61(68)59-49(42-20-9-7-10-21-42)28-18-29-50(59)43-22-11-8-12-23-43/h7-41H,1-6H3. The minimum absolute atomic E-state index is 0.000685. The molecule has 0 aliphatic heterocycles. The van der Waals surface area contributed by atoms with E-state index in [1.165, 1.54) is 32.9 Å². The molecular weight excluding hydrogens is 893 g/mol. The topological polar surface area (TPSA) is 26.0 Å². The maximum Gasteiger partial charge on any atom is 0.147 e. The number of benzene rings is 9. The Morgan fingerprint density at radius 3 is 1.59 bits per heavy atom. The molecule has 0 saturated carbocycles. The van der Waals surface area contributed by atoms with Crippen molar-refractivity contribution in [2.24, 2.45) is 0 Å². The Balaban J connectivity index is 1.18. The highest BCUT2D eigenvalue weighted by atomic mass is 79.9. The highest BCUT2D eigenvalue weighted by Gasteiger charge is 2.27. The van der Waals surface area contributed by atoms with E-state index in [1.54, 1.807) is 0 Å². The number of halogens is 1. The molecule has 9 aromatic carbocycles. The average molecular weight is 946 g/mol. The second-order valence-electron chi connectivity index (χ2n) is 19.8. The number of hydrogen-bond donors (Lipinski definition) is 0. The van der Waals surface area contributed by atoms with Gasteiger partial charge in [-0.3, -0.25) is 4.57 Å². The fourth-order valence-electron chi connectivity index (χ4n) is 9.83. The quantitative estimate of drug-likeness (QED) is 0.152. The van der Waals surface area contributed by atoms with E-state index in [1.807, 2.05) is 0 Å². The van der Waals surface area contributed by atoms with Crippen LogP contribution in [0.15, 0.2) is 217 Å². The summed E-state index contributed by atoms with van der Waals surface area (Å²) in [5.74, 6) is 0.872. The summed E-state index contributed by atoms with van der Waals surface area (Å²) in [6.07, 6.45) is 0. The molecule has 0 fully saturated rings. The number of anilines is 3. The molecule has 0 bridgehead atoms. The normalized spacial score (nSPS) is 12.0. The van der Waals surface area contributed by atoms with Crippen LogP contribution in [0.4, 0.5) is 17.1 Å². The van der Waals surface area contributed by atoms with Gasteiger partial charge in [-0.05, 0) is 127 Å². The maximum atomic E-state index is 5.69. The highest BCUT2D eigenvalue weighted by molar-refractivity contribution is 9.10. The highest BCUT2D eigenvalue weighted by Crippen LogP contribution is 2.47. The molecule has 0 unspecified atom stereocenters. The second kappa shape index (κ2) is 17.0. The van der Waals surface area contributed by atoms with E-state index in [2.05, 4.69) is 284 Å². The van der Waals surface area contributed by atoms with Gasteiger partial charge in [0, 0.05) is 33.4 Å². The van der Waals surface area contributed by atoms with Gasteiger partial charge in [0.2, 0.25) is 0 Å². The van der Waals surface area contributed by atoms with E-state index in [-0.39, 0.29) is 10.8 Å². The third-order valence-electron chi connectivity index (χ3n) is 13.3. The van der Waals surface area contributed by atoms with Crippen LogP contribution >= 0.6 is 15.9 Å². The van der Waals surface area contributed by atoms with Gasteiger partial charge in [0.05, 0.1) is 37.9 Å². The molecule has 332 valence electrons. The van der Waals surface area contributed by atoms with Gasteiger partial charge in [0.25, 0.3) is 0 Å². The van der Waals surface area contributed by atoms with Crippen molar-refractivity contribution >= 4 is 65.8 Å². The third-order valence-corrected chi connectivity index (χ3v) is 14.1. The van der Waals surface area contributed by atoms with Crippen LogP contribution in [0.1, 0.15) is 52.7 Å². The van der Waals surface area contributed by atoms with Crippen molar-refractivity contribution in [3.8, 4) is 45.0 Å². The predicted molar refractivity (Wildman–Crippen MR) is 292 cm³/mol. The van der Waals surface area contributed by atoms with Crippen LogP contribution in [0.5, 0.6) is 0 Å². The molecule has 0 aliphatic carbocycles. The zero-order chi connectivity index (χ0) is 46.7. The fourth-order valence-corrected chi connectivity index (χ4v) is 10.5. The van der Waals surface area contributed by atoms with Gasteiger partial charge in [-0.25, -0.2) is 4.98 Å². The van der Waals surface area contributed by atoms with Gasteiger partial charge in [-0.2, -0.15) is 0 Å². The van der Waals surface area contributed by atoms with Crippen LogP contribution in [-0.2, 0) is 10.8 Å². The summed E-state index contributed by atoms with van der Waals surface area (Å²) < 4.78 is 5.71. The first-order chi connectivity index (χ1) is 32.9. The molecule has 68 heavy (non-hydrogen) atoms. The van der Waals surface area contributed by atoms with Gasteiger partial charge in [-0.15, -0.1) is 0 Å². The van der Waals surface area contributed by atoms with Crippen molar-refractivity contribution in [1.82, 2.24) is 14.1 Å². The van der Waals surface area contributed by atoms with Gasteiger partial charge >= 0.3 is 0 Å². The average Bonchev–Trinajstić information content (AvgIpc) is 3.90. The number of aromatic nitrogens is 3. The lowest BCUT2D eigenvalue weighted by Gasteiger charge is -2.29. The predicted octanol–water partition coefficient (Wildman–Crippen LogP) is 18.0. The minimum Gasteiger partial charge on any atom is -0.309 e. The van der Waals surface area contributed by atoms with E-state index >= 15 is 0 Å². The molecule has 0 N–H and O–H groups in total. The van der Waals surface area contributed by atoms with Crippen molar-refractivity contribution < 1.29 is 0 Å². The van der Waals surface area contributed by atoms with Crippen LogP contribution in [0, 0.1) is 0 Å². The Bertz CT molecular complexity index is 3530. The van der Waals surface area contributed by atoms with E-state index in [4.69, 9.17) is 4.98 Å². The molecular formula is C63H53BrN4. The zero-order valence-corrected chi connectivity index (χ0v) is 41.0. The van der Waals surface area contributed by atoms with Gasteiger partial charge < -0.3 is 9.47 Å². The van der Waals surface area contributed by atoms with Crippen LogP contribution in [0.25, 0.3) is 77.9 Å². The molecule has 0 amide bonds. The molecule has 2 heterocycles. The van der Waals surface area contributed by atoms with Crippen molar-refractivity contribution in [3.63, 3.8) is 0 Å². The molecule has 4 nitrogen and oxygen atoms in total. The Morgan fingerprint density at radius 2 is 0.985 bits per heavy atom. The fraction of sp³-hybridized carbons (Fsp3) is 0.127. The molecule has 2 aromatic heterocycles. The van der Waals surface area contributed by atoms with E-state index < -0.39 is 0 Å².